The van der Waals surface area contributed by atoms with Crippen LogP contribution < -0.4 is 5.32 Å². The average Bonchev–Trinajstić information content (AvgIpc) is 3.12. The van der Waals surface area contributed by atoms with E-state index in [9.17, 15) is 4.39 Å². The Kier molecular flexibility index (Phi) is 5.02. The molecule has 0 saturated carbocycles. The Labute approximate surface area is 140 Å². The highest BCUT2D eigenvalue weighted by Crippen LogP contribution is 2.29. The van der Waals surface area contributed by atoms with Gasteiger partial charge in [-0.25, -0.2) is 9.37 Å². The molecule has 0 aliphatic carbocycles. The van der Waals surface area contributed by atoms with Gasteiger partial charge in [-0.1, -0.05) is 12.1 Å². The van der Waals surface area contributed by atoms with Crippen LogP contribution in [0.25, 0.3) is 10.6 Å². The Hall–Kier alpha value is -1.50. The molecule has 0 fully saturated rings. The SMILES string of the molecule is Fc1cccc(CCNCc2ncc(-c3ccc(Br)o3)s2)c1. The van der Waals surface area contributed by atoms with Crippen molar-refractivity contribution in [3.63, 3.8) is 0 Å². The topological polar surface area (TPSA) is 38.1 Å². The second-order valence-corrected chi connectivity index (χ2v) is 6.68. The molecule has 2 aromatic heterocycles. The van der Waals surface area contributed by atoms with Gasteiger partial charge < -0.3 is 9.73 Å². The van der Waals surface area contributed by atoms with E-state index in [-0.39, 0.29) is 5.82 Å². The largest absolute Gasteiger partial charge is 0.448 e. The van der Waals surface area contributed by atoms with Gasteiger partial charge in [-0.2, -0.15) is 0 Å². The van der Waals surface area contributed by atoms with Gasteiger partial charge in [-0.15, -0.1) is 11.3 Å². The third-order valence-corrected chi connectivity index (χ3v) is 4.56. The zero-order chi connectivity index (χ0) is 15.4. The van der Waals surface area contributed by atoms with Crippen LogP contribution in [-0.2, 0) is 13.0 Å². The number of nitrogens with zero attached hydrogens (tertiary/aromatic N) is 1. The van der Waals surface area contributed by atoms with Gasteiger partial charge >= 0.3 is 0 Å². The first kappa shape index (κ1) is 15.4. The maximum absolute atomic E-state index is 13.1. The number of nitrogens with one attached hydrogen (secondary N) is 1. The number of hydrogen-bond donors (Lipinski definition) is 1. The predicted molar refractivity (Wildman–Crippen MR) is 89.3 cm³/mol. The quantitative estimate of drug-likeness (QED) is 0.633. The molecule has 0 bridgehead atoms. The summed E-state index contributed by atoms with van der Waals surface area (Å²) in [4.78, 5) is 5.39. The van der Waals surface area contributed by atoms with Crippen LogP contribution in [0.1, 0.15) is 10.6 Å². The van der Waals surface area contributed by atoms with E-state index in [1.54, 1.807) is 23.5 Å². The molecule has 1 aromatic carbocycles. The van der Waals surface area contributed by atoms with Gasteiger partial charge in [-0.05, 0) is 58.7 Å². The lowest BCUT2D eigenvalue weighted by atomic mass is 10.1. The Morgan fingerprint density at radius 3 is 2.95 bits per heavy atom. The highest BCUT2D eigenvalue weighted by Gasteiger charge is 2.08. The van der Waals surface area contributed by atoms with E-state index in [1.165, 1.54) is 6.07 Å². The summed E-state index contributed by atoms with van der Waals surface area (Å²) in [5.41, 5.74) is 0.993. The molecule has 0 spiro atoms. The summed E-state index contributed by atoms with van der Waals surface area (Å²) in [5.74, 6) is 0.627. The minimum atomic E-state index is -0.188. The third kappa shape index (κ3) is 4.03. The van der Waals surface area contributed by atoms with Crippen molar-refractivity contribution in [2.24, 2.45) is 0 Å². The molecule has 114 valence electrons. The van der Waals surface area contributed by atoms with Crippen LogP contribution in [0.5, 0.6) is 0 Å². The number of furan rings is 1. The van der Waals surface area contributed by atoms with Gasteiger partial charge in [0.1, 0.15) is 16.6 Å². The summed E-state index contributed by atoms with van der Waals surface area (Å²) >= 11 is 4.89. The van der Waals surface area contributed by atoms with Crippen LogP contribution in [0.2, 0.25) is 0 Å². The third-order valence-electron chi connectivity index (χ3n) is 3.13. The van der Waals surface area contributed by atoms with Gasteiger partial charge in [0.25, 0.3) is 0 Å². The molecule has 3 aromatic rings. The van der Waals surface area contributed by atoms with Crippen molar-refractivity contribution in [2.75, 3.05) is 6.54 Å². The van der Waals surface area contributed by atoms with Crippen molar-refractivity contribution in [3.8, 4) is 10.6 Å². The minimum Gasteiger partial charge on any atom is -0.448 e. The molecule has 3 nitrogen and oxygen atoms in total. The lowest BCUT2D eigenvalue weighted by Gasteiger charge is -2.03. The van der Waals surface area contributed by atoms with E-state index in [4.69, 9.17) is 4.42 Å². The molecule has 1 N–H and O–H groups in total. The van der Waals surface area contributed by atoms with Gasteiger partial charge in [0, 0.05) is 12.7 Å². The van der Waals surface area contributed by atoms with E-state index >= 15 is 0 Å². The first-order valence-corrected chi connectivity index (χ1v) is 8.47. The van der Waals surface area contributed by atoms with Crippen LogP contribution in [0.3, 0.4) is 0 Å². The zero-order valence-electron chi connectivity index (χ0n) is 11.7. The van der Waals surface area contributed by atoms with Gasteiger partial charge in [0.15, 0.2) is 4.67 Å². The first-order chi connectivity index (χ1) is 10.7. The van der Waals surface area contributed by atoms with E-state index in [0.29, 0.717) is 11.2 Å². The summed E-state index contributed by atoms with van der Waals surface area (Å²) in [7, 11) is 0. The number of thiazole rings is 1. The van der Waals surface area contributed by atoms with Crippen molar-refractivity contribution >= 4 is 27.3 Å². The number of halogens is 2. The number of hydrogen-bond acceptors (Lipinski definition) is 4. The fourth-order valence-electron chi connectivity index (χ4n) is 2.07. The van der Waals surface area contributed by atoms with Crippen molar-refractivity contribution in [1.29, 1.82) is 0 Å². The van der Waals surface area contributed by atoms with Crippen molar-refractivity contribution in [3.05, 3.63) is 63.7 Å². The summed E-state index contributed by atoms with van der Waals surface area (Å²) < 4.78 is 19.3. The fraction of sp³-hybridized carbons (Fsp3) is 0.188. The van der Waals surface area contributed by atoms with Crippen LogP contribution >= 0.6 is 27.3 Å². The van der Waals surface area contributed by atoms with Gasteiger partial charge in [-0.3, -0.25) is 0 Å². The van der Waals surface area contributed by atoms with Gasteiger partial charge in [0.05, 0.1) is 4.88 Å². The molecule has 0 saturated heterocycles. The van der Waals surface area contributed by atoms with E-state index in [0.717, 1.165) is 34.2 Å². The van der Waals surface area contributed by atoms with Crippen molar-refractivity contribution in [1.82, 2.24) is 10.3 Å². The number of benzene rings is 1. The summed E-state index contributed by atoms with van der Waals surface area (Å²) in [6.45, 7) is 1.48. The maximum Gasteiger partial charge on any atom is 0.169 e. The molecule has 0 amide bonds. The molecule has 3 rings (SSSR count). The molecule has 2 heterocycles. The van der Waals surface area contributed by atoms with Crippen LogP contribution in [0, 0.1) is 5.82 Å². The van der Waals surface area contributed by atoms with Crippen LogP contribution in [0.4, 0.5) is 4.39 Å². The summed E-state index contributed by atoms with van der Waals surface area (Å²) in [5, 5.41) is 4.33. The van der Waals surface area contributed by atoms with Crippen LogP contribution in [0.15, 0.2) is 51.7 Å². The maximum atomic E-state index is 13.1. The first-order valence-electron chi connectivity index (χ1n) is 6.86. The smallest absolute Gasteiger partial charge is 0.169 e. The lowest BCUT2D eigenvalue weighted by Crippen LogP contribution is -2.16. The predicted octanol–water partition coefficient (Wildman–Crippen LogP) is 4.64. The normalized spacial score (nSPS) is 11.0. The molecule has 22 heavy (non-hydrogen) atoms. The Bertz CT molecular complexity index is 756. The monoisotopic (exact) mass is 380 g/mol. The number of rotatable bonds is 6. The Morgan fingerprint density at radius 2 is 2.18 bits per heavy atom. The molecule has 0 radical (unpaired) electrons. The molecular weight excluding hydrogens is 367 g/mol. The van der Waals surface area contributed by atoms with E-state index in [2.05, 4.69) is 26.2 Å². The summed E-state index contributed by atoms with van der Waals surface area (Å²) in [6, 6.07) is 10.5. The zero-order valence-corrected chi connectivity index (χ0v) is 14.1. The standard InChI is InChI=1S/C16H14BrFN2OS/c17-15-5-4-13(21-15)14-9-20-16(22-14)10-19-7-6-11-2-1-3-12(18)8-11/h1-5,8-9,19H,6-7,10H2. The fourth-order valence-corrected chi connectivity index (χ4v) is 3.23. The Balaban J connectivity index is 1.49. The average molecular weight is 381 g/mol. The minimum absolute atomic E-state index is 0.188. The van der Waals surface area contributed by atoms with Crippen LogP contribution in [-0.4, -0.2) is 11.5 Å². The van der Waals surface area contributed by atoms with Crippen molar-refractivity contribution < 1.29 is 8.81 Å². The molecule has 0 unspecified atom stereocenters. The molecule has 0 aliphatic heterocycles. The highest BCUT2D eigenvalue weighted by molar-refractivity contribution is 9.10. The molecular formula is C16H14BrFN2OS. The second kappa shape index (κ2) is 7.17. The van der Waals surface area contributed by atoms with Crippen molar-refractivity contribution in [2.45, 2.75) is 13.0 Å². The van der Waals surface area contributed by atoms with Gasteiger partial charge in [0.2, 0.25) is 0 Å². The lowest BCUT2D eigenvalue weighted by molar-refractivity contribution is 0.557. The molecule has 0 aliphatic rings. The van der Waals surface area contributed by atoms with E-state index < -0.39 is 0 Å². The Morgan fingerprint density at radius 1 is 1.27 bits per heavy atom. The van der Waals surface area contributed by atoms with E-state index in [1.807, 2.05) is 24.4 Å². The molecule has 6 heteroatoms. The number of aromatic nitrogens is 1. The summed E-state index contributed by atoms with van der Waals surface area (Å²) in [6.07, 6.45) is 2.61. The molecule has 0 atom stereocenters. The second-order valence-electron chi connectivity index (χ2n) is 4.78. The highest BCUT2D eigenvalue weighted by atomic mass is 79.9.